The third-order valence-corrected chi connectivity index (χ3v) is 5.74. The van der Waals surface area contributed by atoms with Crippen LogP contribution >= 0.6 is 0 Å². The van der Waals surface area contributed by atoms with Crippen LogP contribution in [-0.2, 0) is 20.2 Å². The van der Waals surface area contributed by atoms with E-state index in [2.05, 4.69) is 9.62 Å². The molecule has 21 heavy (non-hydrogen) atoms. The third-order valence-electron chi connectivity index (χ3n) is 3.47. The standard InChI is InChI=1S/C12H17FN2O4S2/c1-15-7-6-10(9-15)8-14-21(18,19)12-4-2-11(3-5-12)20(13,16)17/h2-5,10,14H,6-9H2,1H3. The fraction of sp³-hybridized carbons (Fsp3) is 0.500. The van der Waals surface area contributed by atoms with Crippen molar-refractivity contribution in [3.8, 4) is 0 Å². The van der Waals surface area contributed by atoms with Crippen LogP contribution in [0.4, 0.5) is 3.89 Å². The van der Waals surface area contributed by atoms with Gasteiger partial charge in [0.05, 0.1) is 9.79 Å². The Hall–Kier alpha value is -1.03. The van der Waals surface area contributed by atoms with Gasteiger partial charge in [-0.25, -0.2) is 13.1 Å². The molecule has 6 nitrogen and oxygen atoms in total. The molecular formula is C12H17FN2O4S2. The molecule has 1 aromatic carbocycles. The number of likely N-dealkylation sites (tertiary alicyclic amines) is 1. The SMILES string of the molecule is CN1CCC(CNS(=O)(=O)c2ccc(S(=O)(=O)F)cc2)C1. The van der Waals surface area contributed by atoms with Crippen LogP contribution in [0.1, 0.15) is 6.42 Å². The molecule has 1 aliphatic rings. The van der Waals surface area contributed by atoms with Gasteiger partial charge in [-0.05, 0) is 50.2 Å². The predicted molar refractivity (Wildman–Crippen MR) is 75.5 cm³/mol. The maximum absolute atomic E-state index is 12.7. The van der Waals surface area contributed by atoms with E-state index in [0.29, 0.717) is 6.54 Å². The third kappa shape index (κ3) is 4.22. The van der Waals surface area contributed by atoms with Gasteiger partial charge in [0.2, 0.25) is 10.0 Å². The molecule has 0 radical (unpaired) electrons. The minimum absolute atomic E-state index is 0.0822. The Labute approximate surface area is 124 Å². The number of hydrogen-bond donors (Lipinski definition) is 1. The van der Waals surface area contributed by atoms with Crippen molar-refractivity contribution >= 4 is 20.2 Å². The first-order valence-corrected chi connectivity index (χ1v) is 9.28. The summed E-state index contributed by atoms with van der Waals surface area (Å²) in [5.41, 5.74) is 0. The summed E-state index contributed by atoms with van der Waals surface area (Å²) in [5.74, 6) is 0.260. The number of nitrogens with one attached hydrogen (secondary N) is 1. The molecular weight excluding hydrogens is 319 g/mol. The van der Waals surface area contributed by atoms with Crippen molar-refractivity contribution in [1.82, 2.24) is 9.62 Å². The van der Waals surface area contributed by atoms with Gasteiger partial charge >= 0.3 is 10.2 Å². The number of nitrogens with zero attached hydrogens (tertiary/aromatic N) is 1. The lowest BCUT2D eigenvalue weighted by atomic mass is 10.1. The second kappa shape index (κ2) is 5.99. The van der Waals surface area contributed by atoms with E-state index in [1.807, 2.05) is 7.05 Å². The first kappa shape index (κ1) is 16.3. The van der Waals surface area contributed by atoms with E-state index in [1.54, 1.807) is 0 Å². The van der Waals surface area contributed by atoms with Gasteiger partial charge in [0, 0.05) is 13.1 Å². The van der Waals surface area contributed by atoms with E-state index in [4.69, 9.17) is 0 Å². The summed E-state index contributed by atoms with van der Waals surface area (Å²) < 4.78 is 60.7. The molecule has 1 fully saturated rings. The van der Waals surface area contributed by atoms with E-state index in [-0.39, 0.29) is 10.8 Å². The van der Waals surface area contributed by atoms with Gasteiger partial charge in [-0.3, -0.25) is 0 Å². The monoisotopic (exact) mass is 336 g/mol. The fourth-order valence-corrected chi connectivity index (χ4v) is 3.86. The molecule has 1 aliphatic heterocycles. The van der Waals surface area contributed by atoms with Crippen molar-refractivity contribution < 1.29 is 20.7 Å². The van der Waals surface area contributed by atoms with Crippen molar-refractivity contribution in [3.63, 3.8) is 0 Å². The highest BCUT2D eigenvalue weighted by atomic mass is 32.3. The maximum Gasteiger partial charge on any atom is 0.332 e. The molecule has 1 heterocycles. The zero-order valence-corrected chi connectivity index (χ0v) is 13.1. The minimum Gasteiger partial charge on any atom is -0.306 e. The van der Waals surface area contributed by atoms with E-state index in [9.17, 15) is 20.7 Å². The average Bonchev–Trinajstić information content (AvgIpc) is 2.82. The van der Waals surface area contributed by atoms with Crippen molar-refractivity contribution in [2.45, 2.75) is 16.2 Å². The molecule has 9 heteroatoms. The summed E-state index contributed by atoms with van der Waals surface area (Å²) in [7, 11) is -6.55. The molecule has 0 bridgehead atoms. The molecule has 1 atom stereocenters. The van der Waals surface area contributed by atoms with Gasteiger partial charge in [0.1, 0.15) is 0 Å². The lowest BCUT2D eigenvalue weighted by Crippen LogP contribution is -2.30. The second-order valence-electron chi connectivity index (χ2n) is 5.18. The van der Waals surface area contributed by atoms with Crippen LogP contribution in [0.15, 0.2) is 34.1 Å². The lowest BCUT2D eigenvalue weighted by Gasteiger charge is -2.12. The Morgan fingerprint density at radius 1 is 1.19 bits per heavy atom. The van der Waals surface area contributed by atoms with Crippen LogP contribution in [-0.4, -0.2) is 48.4 Å². The molecule has 1 saturated heterocycles. The van der Waals surface area contributed by atoms with Gasteiger partial charge in [-0.1, -0.05) is 0 Å². The van der Waals surface area contributed by atoms with Gasteiger partial charge in [-0.2, -0.15) is 8.42 Å². The van der Waals surface area contributed by atoms with Gasteiger partial charge in [0.25, 0.3) is 0 Å². The molecule has 0 aromatic heterocycles. The van der Waals surface area contributed by atoms with Crippen molar-refractivity contribution in [3.05, 3.63) is 24.3 Å². The first-order chi connectivity index (χ1) is 9.68. The highest BCUT2D eigenvalue weighted by Gasteiger charge is 2.22. The number of halogens is 1. The Kier molecular flexibility index (Phi) is 4.66. The maximum atomic E-state index is 12.7. The topological polar surface area (TPSA) is 83.6 Å². The summed E-state index contributed by atoms with van der Waals surface area (Å²) in [6, 6.07) is 4.03. The summed E-state index contributed by atoms with van der Waals surface area (Å²) in [4.78, 5) is 1.49. The molecule has 0 spiro atoms. The van der Waals surface area contributed by atoms with E-state index >= 15 is 0 Å². The van der Waals surface area contributed by atoms with Crippen LogP contribution in [0, 0.1) is 5.92 Å². The van der Waals surface area contributed by atoms with Gasteiger partial charge in [0.15, 0.2) is 0 Å². The van der Waals surface area contributed by atoms with Crippen LogP contribution in [0.2, 0.25) is 0 Å². The summed E-state index contributed by atoms with van der Waals surface area (Å²) in [6.45, 7) is 2.10. The van der Waals surface area contributed by atoms with Crippen LogP contribution in [0.5, 0.6) is 0 Å². The number of hydrogen-bond acceptors (Lipinski definition) is 5. The quantitative estimate of drug-likeness (QED) is 0.795. The fourth-order valence-electron chi connectivity index (χ4n) is 2.29. The number of benzene rings is 1. The Bertz CT molecular complexity index is 701. The molecule has 1 unspecified atom stereocenters. The summed E-state index contributed by atoms with van der Waals surface area (Å²) in [5, 5.41) is 0. The molecule has 118 valence electrons. The van der Waals surface area contributed by atoms with E-state index < -0.39 is 25.1 Å². The van der Waals surface area contributed by atoms with E-state index in [0.717, 1.165) is 43.8 Å². The van der Waals surface area contributed by atoms with Crippen LogP contribution in [0.3, 0.4) is 0 Å². The van der Waals surface area contributed by atoms with Crippen molar-refractivity contribution in [2.75, 3.05) is 26.7 Å². The number of sulfonamides is 1. The van der Waals surface area contributed by atoms with Gasteiger partial charge < -0.3 is 4.90 Å². The Morgan fingerprint density at radius 2 is 1.76 bits per heavy atom. The Morgan fingerprint density at radius 3 is 2.24 bits per heavy atom. The smallest absolute Gasteiger partial charge is 0.306 e. The zero-order chi connectivity index (χ0) is 15.7. The predicted octanol–water partition coefficient (Wildman–Crippen LogP) is 0.575. The van der Waals surface area contributed by atoms with Crippen molar-refractivity contribution in [1.29, 1.82) is 0 Å². The highest BCUT2D eigenvalue weighted by molar-refractivity contribution is 7.89. The lowest BCUT2D eigenvalue weighted by molar-refractivity contribution is 0.394. The second-order valence-corrected chi connectivity index (χ2v) is 8.29. The molecule has 1 aromatic rings. The summed E-state index contributed by atoms with van der Waals surface area (Å²) in [6.07, 6.45) is 0.929. The highest BCUT2D eigenvalue weighted by Crippen LogP contribution is 2.17. The largest absolute Gasteiger partial charge is 0.332 e. The average molecular weight is 336 g/mol. The minimum atomic E-state index is -4.82. The molecule has 2 rings (SSSR count). The Balaban J connectivity index is 2.05. The first-order valence-electron chi connectivity index (χ1n) is 6.41. The number of rotatable bonds is 5. The molecule has 0 aliphatic carbocycles. The summed E-state index contributed by atoms with van der Waals surface area (Å²) >= 11 is 0. The zero-order valence-electron chi connectivity index (χ0n) is 11.5. The van der Waals surface area contributed by atoms with Crippen molar-refractivity contribution in [2.24, 2.45) is 5.92 Å². The van der Waals surface area contributed by atoms with Crippen LogP contribution in [0.25, 0.3) is 0 Å². The molecule has 0 amide bonds. The van der Waals surface area contributed by atoms with Crippen LogP contribution < -0.4 is 4.72 Å². The van der Waals surface area contributed by atoms with E-state index in [1.165, 1.54) is 0 Å². The normalized spacial score (nSPS) is 20.8. The molecule has 0 saturated carbocycles. The van der Waals surface area contributed by atoms with Gasteiger partial charge in [-0.15, -0.1) is 3.89 Å². The molecule has 1 N–H and O–H groups in total.